The van der Waals surface area contributed by atoms with E-state index >= 15 is 0 Å². The van der Waals surface area contributed by atoms with Crippen molar-refractivity contribution >= 4 is 34.7 Å². The third-order valence-corrected chi connectivity index (χ3v) is 5.86. The van der Waals surface area contributed by atoms with Gasteiger partial charge in [-0.2, -0.15) is 0 Å². The number of amides is 2. The number of imidazole rings is 1. The zero-order valence-electron chi connectivity index (χ0n) is 19.5. The second kappa shape index (κ2) is 9.38. The Morgan fingerprint density at radius 1 is 1.00 bits per heavy atom. The summed E-state index contributed by atoms with van der Waals surface area (Å²) < 4.78 is 1.81. The molecule has 0 unspecified atom stereocenters. The van der Waals surface area contributed by atoms with Crippen LogP contribution in [-0.2, 0) is 9.59 Å². The molecule has 9 heteroatoms. The van der Waals surface area contributed by atoms with E-state index in [0.717, 1.165) is 16.9 Å². The Balaban J connectivity index is 1.22. The Morgan fingerprint density at radius 2 is 1.74 bits per heavy atom. The summed E-state index contributed by atoms with van der Waals surface area (Å²) in [6.07, 6.45) is 5.40. The average Bonchev–Trinajstić information content (AvgIpc) is 3.51. The molecule has 2 aromatic heterocycles. The van der Waals surface area contributed by atoms with Gasteiger partial charge in [-0.3, -0.25) is 14.2 Å². The highest BCUT2D eigenvalue weighted by Gasteiger charge is 2.35. The fourth-order valence-corrected chi connectivity index (χ4v) is 4.03. The first-order chi connectivity index (χ1) is 16.9. The Hall–Kier alpha value is -4.53. The van der Waals surface area contributed by atoms with E-state index in [2.05, 4.69) is 25.6 Å². The lowest BCUT2D eigenvalue weighted by Gasteiger charge is -2.17. The zero-order chi connectivity index (χ0) is 24.4. The van der Waals surface area contributed by atoms with Crippen molar-refractivity contribution in [3.8, 4) is 5.82 Å². The van der Waals surface area contributed by atoms with E-state index in [-0.39, 0.29) is 18.2 Å². The Labute approximate surface area is 202 Å². The first kappa shape index (κ1) is 22.3. The number of aryl methyl sites for hydroxylation is 2. The molecule has 35 heavy (non-hydrogen) atoms. The smallest absolute Gasteiger partial charge is 0.229 e. The van der Waals surface area contributed by atoms with Gasteiger partial charge in [0.05, 0.1) is 5.92 Å². The summed E-state index contributed by atoms with van der Waals surface area (Å²) in [4.78, 5) is 39.9. The molecule has 1 saturated heterocycles. The molecule has 0 spiro atoms. The second-order valence-electron chi connectivity index (χ2n) is 8.56. The summed E-state index contributed by atoms with van der Waals surface area (Å²) in [5.74, 6) is 1.40. The lowest BCUT2D eigenvalue weighted by Crippen LogP contribution is -2.28. The van der Waals surface area contributed by atoms with Crippen molar-refractivity contribution in [1.29, 1.82) is 0 Å². The highest BCUT2D eigenvalue weighted by molar-refractivity contribution is 6.03. The molecule has 1 aliphatic heterocycles. The molecule has 2 amide bonds. The maximum Gasteiger partial charge on any atom is 0.229 e. The van der Waals surface area contributed by atoms with Gasteiger partial charge >= 0.3 is 0 Å². The molecule has 1 fully saturated rings. The molecule has 2 aromatic carbocycles. The van der Waals surface area contributed by atoms with Gasteiger partial charge < -0.3 is 15.5 Å². The van der Waals surface area contributed by atoms with Crippen molar-refractivity contribution in [2.75, 3.05) is 22.1 Å². The zero-order valence-corrected chi connectivity index (χ0v) is 19.5. The van der Waals surface area contributed by atoms with E-state index in [4.69, 9.17) is 0 Å². The third kappa shape index (κ3) is 5.03. The van der Waals surface area contributed by atoms with Crippen LogP contribution >= 0.6 is 0 Å². The normalized spacial score (nSPS) is 15.3. The van der Waals surface area contributed by atoms with Crippen molar-refractivity contribution in [2.45, 2.75) is 20.3 Å². The van der Waals surface area contributed by atoms with Crippen molar-refractivity contribution in [3.63, 3.8) is 0 Å². The molecule has 0 saturated carbocycles. The lowest BCUT2D eigenvalue weighted by atomic mass is 10.1. The van der Waals surface area contributed by atoms with Gasteiger partial charge in [0.25, 0.3) is 0 Å². The van der Waals surface area contributed by atoms with Crippen LogP contribution in [0.4, 0.5) is 22.9 Å². The summed E-state index contributed by atoms with van der Waals surface area (Å²) in [6.45, 7) is 4.21. The summed E-state index contributed by atoms with van der Waals surface area (Å²) in [6, 6.07) is 17.0. The molecule has 4 aromatic rings. The molecular weight excluding hydrogens is 442 g/mol. The van der Waals surface area contributed by atoms with Crippen LogP contribution in [0.2, 0.25) is 0 Å². The number of nitrogens with zero attached hydrogens (tertiary/aromatic N) is 5. The Bertz CT molecular complexity index is 1350. The molecule has 5 rings (SSSR count). The van der Waals surface area contributed by atoms with Crippen LogP contribution in [0.5, 0.6) is 0 Å². The van der Waals surface area contributed by atoms with E-state index in [0.29, 0.717) is 29.7 Å². The Kier molecular flexibility index (Phi) is 5.97. The van der Waals surface area contributed by atoms with Crippen LogP contribution < -0.4 is 15.5 Å². The molecule has 176 valence electrons. The van der Waals surface area contributed by atoms with E-state index in [1.807, 2.05) is 79.2 Å². The van der Waals surface area contributed by atoms with E-state index < -0.39 is 5.92 Å². The van der Waals surface area contributed by atoms with E-state index in [1.54, 1.807) is 17.4 Å². The molecule has 1 atom stereocenters. The van der Waals surface area contributed by atoms with Gasteiger partial charge in [0.15, 0.2) is 0 Å². The largest absolute Gasteiger partial charge is 0.340 e. The van der Waals surface area contributed by atoms with Crippen LogP contribution in [0.1, 0.15) is 17.8 Å². The first-order valence-electron chi connectivity index (χ1n) is 11.3. The number of anilines is 4. The average molecular weight is 468 g/mol. The number of aromatic nitrogens is 4. The molecule has 0 bridgehead atoms. The monoisotopic (exact) mass is 467 g/mol. The van der Waals surface area contributed by atoms with Crippen LogP contribution in [0.3, 0.4) is 0 Å². The van der Waals surface area contributed by atoms with E-state index in [1.165, 1.54) is 0 Å². The van der Waals surface area contributed by atoms with Gasteiger partial charge in [-0.05, 0) is 50.2 Å². The van der Waals surface area contributed by atoms with Gasteiger partial charge in [0.1, 0.15) is 23.8 Å². The predicted octanol–water partition coefficient (Wildman–Crippen LogP) is 4.01. The van der Waals surface area contributed by atoms with Gasteiger partial charge in [-0.1, -0.05) is 17.7 Å². The molecule has 0 radical (unpaired) electrons. The highest BCUT2D eigenvalue weighted by Crippen LogP contribution is 2.27. The minimum atomic E-state index is -0.396. The molecule has 3 heterocycles. The number of carbonyl (C=O) groups is 2. The van der Waals surface area contributed by atoms with Crippen molar-refractivity contribution in [3.05, 3.63) is 84.7 Å². The quantitative estimate of drug-likeness (QED) is 0.444. The second-order valence-corrected chi connectivity index (χ2v) is 8.56. The highest BCUT2D eigenvalue weighted by atomic mass is 16.2. The minimum Gasteiger partial charge on any atom is -0.340 e. The molecule has 2 N–H and O–H groups in total. The molecular formula is C26H25N7O2. The number of hydrogen-bond acceptors (Lipinski definition) is 6. The standard InChI is InChI=1S/C26H25N7O2/c1-17-3-9-22(10-4-17)33-15-19(13-25(33)34)26(35)31-21-7-5-20(6-8-21)30-23-14-24(29-18(2)28-23)32-12-11-27-16-32/h3-12,14,16,19H,13,15H2,1-2H3,(H,31,35)(H,28,29,30)/t19-/m0/s1. The number of rotatable bonds is 6. The third-order valence-electron chi connectivity index (χ3n) is 5.86. The van der Waals surface area contributed by atoms with Crippen molar-refractivity contribution < 1.29 is 9.59 Å². The van der Waals surface area contributed by atoms with Crippen LogP contribution in [0.25, 0.3) is 5.82 Å². The minimum absolute atomic E-state index is 0.0382. The van der Waals surface area contributed by atoms with E-state index in [9.17, 15) is 9.59 Å². The van der Waals surface area contributed by atoms with Gasteiger partial charge in [-0.25, -0.2) is 15.0 Å². The summed E-state index contributed by atoms with van der Waals surface area (Å²) in [5.41, 5.74) is 3.43. The lowest BCUT2D eigenvalue weighted by molar-refractivity contribution is -0.122. The first-order valence-corrected chi connectivity index (χ1v) is 11.3. The predicted molar refractivity (Wildman–Crippen MR) is 134 cm³/mol. The SMILES string of the molecule is Cc1ccc(N2C[C@@H](C(=O)Nc3ccc(Nc4cc(-n5ccnc5)nc(C)n4)cc3)CC2=O)cc1. The van der Waals surface area contributed by atoms with Crippen LogP contribution in [0.15, 0.2) is 73.3 Å². The van der Waals surface area contributed by atoms with Crippen molar-refractivity contribution in [1.82, 2.24) is 19.5 Å². The maximum absolute atomic E-state index is 12.8. The molecule has 1 aliphatic rings. The van der Waals surface area contributed by atoms with Crippen LogP contribution in [-0.4, -0.2) is 37.9 Å². The number of benzene rings is 2. The summed E-state index contributed by atoms with van der Waals surface area (Å²) in [5, 5.41) is 6.20. The summed E-state index contributed by atoms with van der Waals surface area (Å²) in [7, 11) is 0. The fourth-order valence-electron chi connectivity index (χ4n) is 4.03. The number of hydrogen-bond donors (Lipinski definition) is 2. The Morgan fingerprint density at radius 3 is 2.46 bits per heavy atom. The van der Waals surface area contributed by atoms with Gasteiger partial charge in [-0.15, -0.1) is 0 Å². The molecule has 0 aliphatic carbocycles. The maximum atomic E-state index is 12.8. The molecule has 9 nitrogen and oxygen atoms in total. The number of carbonyl (C=O) groups excluding carboxylic acids is 2. The summed E-state index contributed by atoms with van der Waals surface area (Å²) >= 11 is 0. The van der Waals surface area contributed by atoms with Crippen LogP contribution in [0, 0.1) is 19.8 Å². The fraction of sp³-hybridized carbons (Fsp3) is 0.192. The topological polar surface area (TPSA) is 105 Å². The van der Waals surface area contributed by atoms with Gasteiger partial charge in [0, 0.05) is 48.5 Å². The van der Waals surface area contributed by atoms with Crippen molar-refractivity contribution in [2.24, 2.45) is 5.92 Å². The number of nitrogens with one attached hydrogen (secondary N) is 2. The van der Waals surface area contributed by atoms with Gasteiger partial charge in [0.2, 0.25) is 11.8 Å².